The molecule has 0 aliphatic carbocycles. The quantitative estimate of drug-likeness (QED) is 0.252. The minimum atomic E-state index is -0.329. The lowest BCUT2D eigenvalue weighted by molar-refractivity contribution is 0.102. The second kappa shape index (κ2) is 12.3. The fraction of sp³-hybridized carbons (Fsp3) is 0.333. The largest absolute Gasteiger partial charge is 0.393 e. The second-order valence-corrected chi connectivity index (χ2v) is 11.8. The molecule has 42 heavy (non-hydrogen) atoms. The van der Waals surface area contributed by atoms with Crippen molar-refractivity contribution < 1.29 is 15.0 Å². The van der Waals surface area contributed by atoms with Gasteiger partial charge in [0.2, 0.25) is 5.95 Å². The van der Waals surface area contributed by atoms with Gasteiger partial charge in [-0.3, -0.25) is 4.79 Å². The van der Waals surface area contributed by atoms with Crippen LogP contribution in [-0.4, -0.2) is 50.3 Å². The molecule has 4 aromatic rings. The zero-order valence-electron chi connectivity index (χ0n) is 24.3. The SMILES string of the molecule is CC(C)(C)c1ccc(C(=O)Nc2cccc(-c3nc(N)nc(Cc4ccc(N5CCC(O)CC5)cc4)n3)c2CO)cc1. The number of benzene rings is 3. The number of piperidine rings is 1. The molecule has 0 atom stereocenters. The number of aliphatic hydroxyl groups excluding tert-OH is 2. The third-order valence-electron chi connectivity index (χ3n) is 7.66. The average molecular weight is 567 g/mol. The molecule has 218 valence electrons. The predicted molar refractivity (Wildman–Crippen MR) is 165 cm³/mol. The molecule has 1 aliphatic heterocycles. The van der Waals surface area contributed by atoms with Crippen LogP contribution in [0.25, 0.3) is 11.4 Å². The number of amides is 1. The minimum Gasteiger partial charge on any atom is -0.393 e. The fourth-order valence-electron chi connectivity index (χ4n) is 5.17. The van der Waals surface area contributed by atoms with E-state index in [2.05, 4.69) is 58.1 Å². The highest BCUT2D eigenvalue weighted by Gasteiger charge is 2.19. The Balaban J connectivity index is 1.35. The van der Waals surface area contributed by atoms with Crippen molar-refractivity contribution in [3.63, 3.8) is 0 Å². The van der Waals surface area contributed by atoms with E-state index in [9.17, 15) is 15.0 Å². The fourth-order valence-corrected chi connectivity index (χ4v) is 5.17. The standard InChI is InChI=1S/C33H38N6O3/c1-33(2,3)23-11-9-22(10-12-23)31(42)35-28-6-4-5-26(27(28)20-40)30-36-29(37-32(34)38-30)19-21-7-13-24(14-8-21)39-17-15-25(41)16-18-39/h4-14,25,40-41H,15-20H2,1-3H3,(H,35,42)(H2,34,36,37,38). The van der Waals surface area contributed by atoms with Crippen molar-refractivity contribution in [3.05, 3.63) is 94.8 Å². The molecule has 0 spiro atoms. The van der Waals surface area contributed by atoms with Crippen molar-refractivity contribution in [2.75, 3.05) is 29.0 Å². The van der Waals surface area contributed by atoms with Crippen molar-refractivity contribution in [2.24, 2.45) is 0 Å². The van der Waals surface area contributed by atoms with Crippen LogP contribution in [-0.2, 0) is 18.4 Å². The molecule has 1 saturated heterocycles. The Hall–Kier alpha value is -4.34. The second-order valence-electron chi connectivity index (χ2n) is 11.8. The van der Waals surface area contributed by atoms with Crippen LogP contribution in [0.1, 0.15) is 66.5 Å². The van der Waals surface area contributed by atoms with Crippen molar-refractivity contribution in [2.45, 2.75) is 58.2 Å². The summed E-state index contributed by atoms with van der Waals surface area (Å²) in [5.74, 6) is 0.636. The van der Waals surface area contributed by atoms with Gasteiger partial charge in [-0.2, -0.15) is 9.97 Å². The number of carbonyl (C=O) groups is 1. The van der Waals surface area contributed by atoms with E-state index in [1.165, 1.54) is 0 Å². The maximum Gasteiger partial charge on any atom is 0.255 e. The number of rotatable bonds is 7. The number of hydrogen-bond donors (Lipinski definition) is 4. The molecular weight excluding hydrogens is 528 g/mol. The summed E-state index contributed by atoms with van der Waals surface area (Å²) in [6, 6.07) is 21.1. The first-order valence-corrected chi connectivity index (χ1v) is 14.3. The highest BCUT2D eigenvalue weighted by Crippen LogP contribution is 2.29. The molecule has 1 amide bonds. The number of anilines is 3. The van der Waals surface area contributed by atoms with Gasteiger partial charge in [0.25, 0.3) is 5.91 Å². The van der Waals surface area contributed by atoms with E-state index in [4.69, 9.17) is 5.73 Å². The number of nitrogen functional groups attached to an aromatic ring is 1. The third kappa shape index (κ3) is 6.75. The molecule has 1 fully saturated rings. The summed E-state index contributed by atoms with van der Waals surface area (Å²) in [5, 5.41) is 23.0. The van der Waals surface area contributed by atoms with Crippen LogP contribution in [0.2, 0.25) is 0 Å². The van der Waals surface area contributed by atoms with Gasteiger partial charge >= 0.3 is 0 Å². The topological polar surface area (TPSA) is 137 Å². The number of nitrogens with two attached hydrogens (primary N) is 1. The maximum absolute atomic E-state index is 13.1. The highest BCUT2D eigenvalue weighted by molar-refractivity contribution is 6.05. The molecule has 1 aromatic heterocycles. The van der Waals surface area contributed by atoms with E-state index in [1.54, 1.807) is 30.3 Å². The molecule has 2 heterocycles. The van der Waals surface area contributed by atoms with Crippen molar-refractivity contribution in [1.82, 2.24) is 15.0 Å². The van der Waals surface area contributed by atoms with Gasteiger partial charge in [-0.25, -0.2) is 4.98 Å². The average Bonchev–Trinajstić information content (AvgIpc) is 2.97. The molecule has 0 unspecified atom stereocenters. The monoisotopic (exact) mass is 566 g/mol. The van der Waals surface area contributed by atoms with E-state index in [-0.39, 0.29) is 30.0 Å². The molecule has 5 N–H and O–H groups in total. The van der Waals surface area contributed by atoms with Gasteiger partial charge in [0.15, 0.2) is 5.82 Å². The summed E-state index contributed by atoms with van der Waals surface area (Å²) < 4.78 is 0. The molecule has 1 aliphatic rings. The van der Waals surface area contributed by atoms with E-state index in [0.717, 1.165) is 42.7 Å². The van der Waals surface area contributed by atoms with Gasteiger partial charge in [0.1, 0.15) is 5.82 Å². The van der Waals surface area contributed by atoms with Gasteiger partial charge in [-0.1, -0.05) is 57.2 Å². The third-order valence-corrected chi connectivity index (χ3v) is 7.66. The smallest absolute Gasteiger partial charge is 0.255 e. The Labute approximate surface area is 246 Å². The predicted octanol–water partition coefficient (Wildman–Crippen LogP) is 4.71. The normalized spacial score (nSPS) is 14.2. The molecule has 0 radical (unpaired) electrons. The highest BCUT2D eigenvalue weighted by atomic mass is 16.3. The van der Waals surface area contributed by atoms with Crippen LogP contribution < -0.4 is 16.0 Å². The number of nitrogens with one attached hydrogen (secondary N) is 1. The van der Waals surface area contributed by atoms with E-state index in [0.29, 0.717) is 40.4 Å². The molecule has 0 saturated carbocycles. The van der Waals surface area contributed by atoms with Crippen LogP contribution in [0, 0.1) is 0 Å². The summed E-state index contributed by atoms with van der Waals surface area (Å²) in [4.78, 5) is 28.7. The summed E-state index contributed by atoms with van der Waals surface area (Å²) in [6.45, 7) is 7.72. The molecule has 0 bridgehead atoms. The van der Waals surface area contributed by atoms with Crippen LogP contribution in [0.3, 0.4) is 0 Å². The molecule has 3 aromatic carbocycles. The first-order chi connectivity index (χ1) is 20.1. The Bertz CT molecular complexity index is 1540. The van der Waals surface area contributed by atoms with Gasteiger partial charge in [-0.05, 0) is 59.7 Å². The van der Waals surface area contributed by atoms with Crippen molar-refractivity contribution in [1.29, 1.82) is 0 Å². The van der Waals surface area contributed by atoms with E-state index < -0.39 is 0 Å². The van der Waals surface area contributed by atoms with Gasteiger partial charge in [0, 0.05) is 47.6 Å². The lowest BCUT2D eigenvalue weighted by Gasteiger charge is -2.31. The molecule has 9 heteroatoms. The molecule has 9 nitrogen and oxygen atoms in total. The lowest BCUT2D eigenvalue weighted by Crippen LogP contribution is -2.35. The number of hydrogen-bond acceptors (Lipinski definition) is 8. The summed E-state index contributed by atoms with van der Waals surface area (Å²) in [5.41, 5.74) is 11.4. The Morgan fingerprint density at radius 2 is 1.67 bits per heavy atom. The minimum absolute atomic E-state index is 0.0134. The molecular formula is C33H38N6O3. The maximum atomic E-state index is 13.1. The van der Waals surface area contributed by atoms with E-state index >= 15 is 0 Å². The summed E-state index contributed by atoms with van der Waals surface area (Å²) >= 11 is 0. The number of carbonyl (C=O) groups excluding carboxylic acids is 1. The lowest BCUT2D eigenvalue weighted by atomic mass is 9.86. The van der Waals surface area contributed by atoms with Gasteiger partial charge in [-0.15, -0.1) is 0 Å². The van der Waals surface area contributed by atoms with Crippen molar-refractivity contribution in [3.8, 4) is 11.4 Å². The van der Waals surface area contributed by atoms with Crippen LogP contribution >= 0.6 is 0 Å². The van der Waals surface area contributed by atoms with E-state index in [1.807, 2.05) is 24.3 Å². The first kappa shape index (κ1) is 29.2. The van der Waals surface area contributed by atoms with Crippen molar-refractivity contribution >= 4 is 23.2 Å². The number of aliphatic hydroxyl groups is 2. The number of aromatic nitrogens is 3. The first-order valence-electron chi connectivity index (χ1n) is 14.3. The Morgan fingerprint density at radius 1 is 0.976 bits per heavy atom. The van der Waals surface area contributed by atoms with Crippen LogP contribution in [0.15, 0.2) is 66.7 Å². The summed E-state index contributed by atoms with van der Waals surface area (Å²) in [6.07, 6.45) is 1.80. The molecule has 5 rings (SSSR count). The van der Waals surface area contributed by atoms with Gasteiger partial charge in [0.05, 0.1) is 12.7 Å². The summed E-state index contributed by atoms with van der Waals surface area (Å²) in [7, 11) is 0. The Kier molecular flexibility index (Phi) is 8.51. The van der Waals surface area contributed by atoms with Gasteiger partial charge < -0.3 is 26.2 Å². The number of nitrogens with zero attached hydrogens (tertiary/aromatic N) is 4. The zero-order chi connectivity index (χ0) is 29.9. The zero-order valence-corrected chi connectivity index (χ0v) is 24.3. The van der Waals surface area contributed by atoms with Crippen LogP contribution in [0.4, 0.5) is 17.3 Å². The Morgan fingerprint density at radius 3 is 2.31 bits per heavy atom. The van der Waals surface area contributed by atoms with Crippen LogP contribution in [0.5, 0.6) is 0 Å².